The normalized spacial score (nSPS) is 18.4. The van der Waals surface area contributed by atoms with Crippen molar-refractivity contribution in [3.63, 3.8) is 0 Å². The molecule has 0 aliphatic carbocycles. The number of carbonyl (C=O) groups excluding carboxylic acids is 3. The summed E-state index contributed by atoms with van der Waals surface area (Å²) in [6.45, 7) is 1.62. The predicted octanol–water partition coefficient (Wildman–Crippen LogP) is 1.23. The van der Waals surface area contributed by atoms with Gasteiger partial charge in [0.15, 0.2) is 0 Å². The molecule has 2 rings (SSSR count). The van der Waals surface area contributed by atoms with Crippen molar-refractivity contribution in [2.45, 2.75) is 19.4 Å². The standard InChI is InChI=1S/C14H15ClN2O4/c1-3-10-13(19)16-12(18)7-17(10)14(20)9-5-4-8(15)6-11(9)21-2/h4-6,10H,3,7H2,1-2H3,(H,16,18,19). The third kappa shape index (κ3) is 3.00. The molecule has 7 heteroatoms. The molecule has 1 heterocycles. The third-order valence-electron chi connectivity index (χ3n) is 3.30. The summed E-state index contributed by atoms with van der Waals surface area (Å²) in [6.07, 6.45) is 0.417. The minimum atomic E-state index is -0.671. The molecule has 0 radical (unpaired) electrons. The zero-order chi connectivity index (χ0) is 15.6. The van der Waals surface area contributed by atoms with E-state index in [2.05, 4.69) is 5.32 Å². The monoisotopic (exact) mass is 310 g/mol. The lowest BCUT2D eigenvalue weighted by molar-refractivity contribution is -0.138. The number of nitrogens with zero attached hydrogens (tertiary/aromatic N) is 1. The molecule has 0 aromatic heterocycles. The number of methoxy groups -OCH3 is 1. The van der Waals surface area contributed by atoms with Gasteiger partial charge in [-0.3, -0.25) is 19.7 Å². The zero-order valence-electron chi connectivity index (χ0n) is 11.7. The van der Waals surface area contributed by atoms with Crippen molar-refractivity contribution >= 4 is 29.3 Å². The second-order valence-electron chi connectivity index (χ2n) is 4.61. The Hall–Kier alpha value is -2.08. The summed E-state index contributed by atoms with van der Waals surface area (Å²) in [6, 6.07) is 3.93. The first-order chi connectivity index (χ1) is 9.97. The van der Waals surface area contributed by atoms with E-state index < -0.39 is 23.8 Å². The molecule has 1 atom stereocenters. The number of amides is 3. The van der Waals surface area contributed by atoms with Gasteiger partial charge in [-0.25, -0.2) is 0 Å². The second kappa shape index (κ2) is 6.13. The van der Waals surface area contributed by atoms with E-state index in [0.717, 1.165) is 0 Å². The van der Waals surface area contributed by atoms with E-state index in [9.17, 15) is 14.4 Å². The Kier molecular flexibility index (Phi) is 4.47. The van der Waals surface area contributed by atoms with Gasteiger partial charge in [0.05, 0.1) is 12.7 Å². The van der Waals surface area contributed by atoms with Crippen molar-refractivity contribution in [1.29, 1.82) is 0 Å². The summed E-state index contributed by atoms with van der Waals surface area (Å²) < 4.78 is 5.14. The van der Waals surface area contributed by atoms with Gasteiger partial charge in [0.25, 0.3) is 5.91 Å². The number of hydrogen-bond donors (Lipinski definition) is 1. The van der Waals surface area contributed by atoms with Gasteiger partial charge < -0.3 is 9.64 Å². The van der Waals surface area contributed by atoms with Crippen LogP contribution in [0, 0.1) is 0 Å². The Morgan fingerprint density at radius 3 is 2.81 bits per heavy atom. The van der Waals surface area contributed by atoms with Crippen LogP contribution in [0.4, 0.5) is 0 Å². The van der Waals surface area contributed by atoms with Crippen LogP contribution in [0.5, 0.6) is 5.75 Å². The number of carbonyl (C=O) groups is 3. The smallest absolute Gasteiger partial charge is 0.258 e. The molecule has 1 fully saturated rings. The largest absolute Gasteiger partial charge is 0.496 e. The highest BCUT2D eigenvalue weighted by Crippen LogP contribution is 2.26. The number of imide groups is 1. The van der Waals surface area contributed by atoms with Crippen molar-refractivity contribution < 1.29 is 19.1 Å². The third-order valence-corrected chi connectivity index (χ3v) is 3.53. The second-order valence-corrected chi connectivity index (χ2v) is 5.05. The minimum Gasteiger partial charge on any atom is -0.496 e. The average molecular weight is 311 g/mol. The average Bonchev–Trinajstić information content (AvgIpc) is 2.45. The summed E-state index contributed by atoms with van der Waals surface area (Å²) in [4.78, 5) is 37.2. The first-order valence-electron chi connectivity index (χ1n) is 6.46. The Labute approximate surface area is 127 Å². The number of ether oxygens (including phenoxy) is 1. The molecule has 0 bridgehead atoms. The maximum atomic E-state index is 12.6. The van der Waals surface area contributed by atoms with Gasteiger partial charge >= 0.3 is 0 Å². The van der Waals surface area contributed by atoms with Crippen molar-refractivity contribution in [2.75, 3.05) is 13.7 Å². The highest BCUT2D eigenvalue weighted by Gasteiger charge is 2.36. The van der Waals surface area contributed by atoms with E-state index in [0.29, 0.717) is 17.2 Å². The summed E-state index contributed by atoms with van der Waals surface area (Å²) >= 11 is 5.87. The van der Waals surface area contributed by atoms with Gasteiger partial charge in [0.2, 0.25) is 11.8 Å². The molecule has 1 saturated heterocycles. The Morgan fingerprint density at radius 1 is 1.48 bits per heavy atom. The van der Waals surface area contributed by atoms with Gasteiger partial charge in [0.1, 0.15) is 18.3 Å². The molecule has 1 aromatic rings. The Balaban J connectivity index is 2.37. The van der Waals surface area contributed by atoms with Crippen LogP contribution in [0.3, 0.4) is 0 Å². The van der Waals surface area contributed by atoms with Gasteiger partial charge in [-0.05, 0) is 24.6 Å². The van der Waals surface area contributed by atoms with E-state index in [4.69, 9.17) is 16.3 Å². The first kappa shape index (κ1) is 15.3. The molecule has 1 N–H and O–H groups in total. The number of piperazine rings is 1. The van der Waals surface area contributed by atoms with Crippen LogP contribution in [0.2, 0.25) is 5.02 Å². The van der Waals surface area contributed by atoms with E-state index in [1.807, 2.05) is 0 Å². The summed E-state index contributed by atoms with van der Waals surface area (Å²) in [5.74, 6) is -1.08. The molecule has 112 valence electrons. The van der Waals surface area contributed by atoms with Crippen LogP contribution in [0.1, 0.15) is 23.7 Å². The number of halogens is 1. The molecular weight excluding hydrogens is 296 g/mol. The fourth-order valence-electron chi connectivity index (χ4n) is 2.28. The van der Waals surface area contributed by atoms with Gasteiger partial charge in [-0.15, -0.1) is 0 Å². The first-order valence-corrected chi connectivity index (χ1v) is 6.84. The molecule has 1 unspecified atom stereocenters. The van der Waals surface area contributed by atoms with Crippen LogP contribution in [0.25, 0.3) is 0 Å². The van der Waals surface area contributed by atoms with E-state index in [-0.39, 0.29) is 12.1 Å². The molecule has 0 saturated carbocycles. The van der Waals surface area contributed by atoms with Crippen LogP contribution in [0.15, 0.2) is 18.2 Å². The molecule has 3 amide bonds. The molecular formula is C14H15ClN2O4. The maximum absolute atomic E-state index is 12.6. The molecule has 1 aromatic carbocycles. The van der Waals surface area contributed by atoms with Crippen LogP contribution in [-0.4, -0.2) is 42.3 Å². The summed E-state index contributed by atoms with van der Waals surface area (Å²) in [5.41, 5.74) is 0.267. The number of nitrogens with one attached hydrogen (secondary N) is 1. The zero-order valence-corrected chi connectivity index (χ0v) is 12.4. The number of benzene rings is 1. The maximum Gasteiger partial charge on any atom is 0.258 e. The highest BCUT2D eigenvalue weighted by atomic mass is 35.5. The minimum absolute atomic E-state index is 0.158. The topological polar surface area (TPSA) is 75.7 Å². The van der Waals surface area contributed by atoms with Crippen LogP contribution < -0.4 is 10.1 Å². The SMILES string of the molecule is CCC1C(=O)NC(=O)CN1C(=O)c1ccc(Cl)cc1OC. The molecule has 1 aliphatic rings. The highest BCUT2D eigenvalue weighted by molar-refractivity contribution is 6.30. The molecule has 21 heavy (non-hydrogen) atoms. The van der Waals surface area contributed by atoms with Gasteiger partial charge in [-0.1, -0.05) is 18.5 Å². The van der Waals surface area contributed by atoms with Gasteiger partial charge in [-0.2, -0.15) is 0 Å². The quantitative estimate of drug-likeness (QED) is 0.852. The van der Waals surface area contributed by atoms with Crippen molar-refractivity contribution in [2.24, 2.45) is 0 Å². The van der Waals surface area contributed by atoms with Gasteiger partial charge in [0, 0.05) is 5.02 Å². The lowest BCUT2D eigenvalue weighted by Crippen LogP contribution is -2.59. The van der Waals surface area contributed by atoms with Crippen molar-refractivity contribution in [3.05, 3.63) is 28.8 Å². The summed E-state index contributed by atoms with van der Waals surface area (Å²) in [7, 11) is 1.42. The molecule has 6 nitrogen and oxygen atoms in total. The molecule has 0 spiro atoms. The lowest BCUT2D eigenvalue weighted by Gasteiger charge is -2.33. The van der Waals surface area contributed by atoms with E-state index in [1.165, 1.54) is 24.1 Å². The van der Waals surface area contributed by atoms with E-state index >= 15 is 0 Å². The van der Waals surface area contributed by atoms with Crippen LogP contribution in [-0.2, 0) is 9.59 Å². The van der Waals surface area contributed by atoms with Crippen molar-refractivity contribution in [1.82, 2.24) is 10.2 Å². The number of hydrogen-bond acceptors (Lipinski definition) is 4. The Morgan fingerprint density at radius 2 is 2.19 bits per heavy atom. The number of rotatable bonds is 3. The van der Waals surface area contributed by atoms with E-state index in [1.54, 1.807) is 13.0 Å². The van der Waals surface area contributed by atoms with Crippen LogP contribution >= 0.6 is 11.6 Å². The predicted molar refractivity (Wildman–Crippen MR) is 76.3 cm³/mol. The Bertz CT molecular complexity index is 603. The van der Waals surface area contributed by atoms with Crippen molar-refractivity contribution in [3.8, 4) is 5.75 Å². The summed E-state index contributed by atoms with van der Waals surface area (Å²) in [5, 5.41) is 2.66. The fraction of sp³-hybridized carbons (Fsp3) is 0.357. The fourth-order valence-corrected chi connectivity index (χ4v) is 2.44. The lowest BCUT2D eigenvalue weighted by atomic mass is 10.1. The molecule has 1 aliphatic heterocycles.